The number of carboxylic acid groups (broad SMARTS) is 1. The van der Waals surface area contributed by atoms with Crippen LogP contribution in [0.25, 0.3) is 0 Å². The molecule has 0 radical (unpaired) electrons. The SMILES string of the molecule is Cc1ccc(OC(Cc2ccc(I)cc2)C(=O)O)cc1. The number of hydrogen-bond acceptors (Lipinski definition) is 2. The number of benzene rings is 2. The Bertz CT molecular complexity index is 528. The van der Waals surface area contributed by atoms with E-state index in [4.69, 9.17) is 4.74 Å². The van der Waals surface area contributed by atoms with Crippen molar-refractivity contribution >= 4 is 28.6 Å². The maximum atomic E-state index is 11.3. The smallest absolute Gasteiger partial charge is 0.345 e. The number of hydrogen-bond donors (Lipinski definition) is 1. The van der Waals surface area contributed by atoms with E-state index < -0.39 is 12.1 Å². The summed E-state index contributed by atoms with van der Waals surface area (Å²) in [6.45, 7) is 1.98. The van der Waals surface area contributed by atoms with Crippen LogP contribution in [-0.4, -0.2) is 17.2 Å². The zero-order valence-electron chi connectivity index (χ0n) is 11.0. The maximum Gasteiger partial charge on any atom is 0.345 e. The van der Waals surface area contributed by atoms with E-state index >= 15 is 0 Å². The second-order valence-corrected chi connectivity index (χ2v) is 5.83. The lowest BCUT2D eigenvalue weighted by Gasteiger charge is -2.15. The molecule has 0 aliphatic rings. The zero-order chi connectivity index (χ0) is 14.5. The molecule has 0 aliphatic carbocycles. The van der Waals surface area contributed by atoms with E-state index in [0.717, 1.165) is 14.7 Å². The molecule has 0 aliphatic heterocycles. The summed E-state index contributed by atoms with van der Waals surface area (Å²) in [4.78, 5) is 11.3. The topological polar surface area (TPSA) is 46.5 Å². The van der Waals surface area contributed by atoms with Gasteiger partial charge in [0.25, 0.3) is 0 Å². The highest BCUT2D eigenvalue weighted by Crippen LogP contribution is 2.16. The van der Waals surface area contributed by atoms with Crippen LogP contribution in [-0.2, 0) is 11.2 Å². The molecule has 20 heavy (non-hydrogen) atoms. The lowest BCUT2D eigenvalue weighted by molar-refractivity contribution is -0.145. The highest BCUT2D eigenvalue weighted by Gasteiger charge is 2.20. The predicted molar refractivity (Wildman–Crippen MR) is 86.1 cm³/mol. The third-order valence-corrected chi connectivity index (χ3v) is 3.63. The molecule has 0 bridgehead atoms. The highest BCUT2D eigenvalue weighted by atomic mass is 127. The van der Waals surface area contributed by atoms with Crippen molar-refractivity contribution in [2.24, 2.45) is 0 Å². The van der Waals surface area contributed by atoms with E-state index in [-0.39, 0.29) is 0 Å². The molecule has 1 unspecified atom stereocenters. The number of aliphatic carboxylic acids is 1. The lowest BCUT2D eigenvalue weighted by Crippen LogP contribution is -2.29. The number of carbonyl (C=O) groups is 1. The molecule has 0 amide bonds. The van der Waals surface area contributed by atoms with Gasteiger partial charge in [0.15, 0.2) is 6.10 Å². The summed E-state index contributed by atoms with van der Waals surface area (Å²) in [7, 11) is 0. The van der Waals surface area contributed by atoms with Crippen molar-refractivity contribution in [3.63, 3.8) is 0 Å². The molecule has 0 saturated carbocycles. The Balaban J connectivity index is 2.09. The van der Waals surface area contributed by atoms with Gasteiger partial charge in [-0.3, -0.25) is 0 Å². The van der Waals surface area contributed by atoms with Crippen LogP contribution in [0.1, 0.15) is 11.1 Å². The van der Waals surface area contributed by atoms with Gasteiger partial charge in [-0.15, -0.1) is 0 Å². The zero-order valence-corrected chi connectivity index (χ0v) is 13.2. The molecule has 0 spiro atoms. The van der Waals surface area contributed by atoms with Gasteiger partial charge in [-0.05, 0) is 59.3 Å². The Morgan fingerprint density at radius 2 is 1.75 bits per heavy atom. The first-order chi connectivity index (χ1) is 9.54. The molecule has 1 atom stereocenters. The van der Waals surface area contributed by atoms with Gasteiger partial charge in [0.2, 0.25) is 0 Å². The summed E-state index contributed by atoms with van der Waals surface area (Å²) in [5.74, 6) is -0.377. The summed E-state index contributed by atoms with van der Waals surface area (Å²) in [5, 5.41) is 9.28. The third-order valence-electron chi connectivity index (χ3n) is 2.91. The van der Waals surface area contributed by atoms with Gasteiger partial charge in [0.1, 0.15) is 5.75 Å². The summed E-state index contributed by atoms with van der Waals surface area (Å²) in [6.07, 6.45) is -0.530. The molecule has 2 rings (SSSR count). The number of halogens is 1. The fourth-order valence-corrected chi connectivity index (χ4v) is 2.15. The first-order valence-corrected chi connectivity index (χ1v) is 7.33. The summed E-state index contributed by atoms with van der Waals surface area (Å²) in [5.41, 5.74) is 2.06. The molecule has 2 aromatic rings. The largest absolute Gasteiger partial charge is 0.478 e. The molecule has 0 saturated heterocycles. The summed E-state index contributed by atoms with van der Waals surface area (Å²) < 4.78 is 6.69. The van der Waals surface area contributed by atoms with Crippen molar-refractivity contribution in [2.75, 3.05) is 0 Å². The van der Waals surface area contributed by atoms with E-state index in [1.54, 1.807) is 12.1 Å². The maximum absolute atomic E-state index is 11.3. The van der Waals surface area contributed by atoms with Gasteiger partial charge in [0, 0.05) is 9.99 Å². The Hall–Kier alpha value is -1.56. The minimum absolute atomic E-state index is 0.347. The molecular weight excluding hydrogens is 367 g/mol. The van der Waals surface area contributed by atoms with Crippen LogP contribution in [0.3, 0.4) is 0 Å². The van der Waals surface area contributed by atoms with Crippen molar-refractivity contribution in [3.8, 4) is 5.75 Å². The number of carboxylic acids is 1. The van der Waals surface area contributed by atoms with Crippen LogP contribution in [0.15, 0.2) is 48.5 Å². The number of aryl methyl sites for hydroxylation is 1. The average Bonchev–Trinajstić information content (AvgIpc) is 2.42. The van der Waals surface area contributed by atoms with Crippen LogP contribution in [0, 0.1) is 10.5 Å². The van der Waals surface area contributed by atoms with Crippen molar-refractivity contribution in [1.29, 1.82) is 0 Å². The Labute approximate surface area is 131 Å². The second kappa shape index (κ2) is 6.74. The predicted octanol–water partition coefficient (Wildman–Crippen LogP) is 3.67. The minimum atomic E-state index is -0.955. The van der Waals surface area contributed by atoms with E-state index in [1.807, 2.05) is 43.3 Å². The molecule has 0 fully saturated rings. The van der Waals surface area contributed by atoms with Gasteiger partial charge in [-0.25, -0.2) is 4.79 Å². The highest BCUT2D eigenvalue weighted by molar-refractivity contribution is 14.1. The molecule has 1 N–H and O–H groups in total. The van der Waals surface area contributed by atoms with Gasteiger partial charge in [-0.2, -0.15) is 0 Å². The van der Waals surface area contributed by atoms with Crippen molar-refractivity contribution in [1.82, 2.24) is 0 Å². The van der Waals surface area contributed by atoms with Crippen molar-refractivity contribution < 1.29 is 14.6 Å². The van der Waals surface area contributed by atoms with E-state index in [2.05, 4.69) is 22.6 Å². The lowest BCUT2D eigenvalue weighted by atomic mass is 10.1. The Morgan fingerprint density at radius 1 is 1.15 bits per heavy atom. The second-order valence-electron chi connectivity index (χ2n) is 4.59. The minimum Gasteiger partial charge on any atom is -0.478 e. The molecule has 4 heteroatoms. The third kappa shape index (κ3) is 4.23. The quantitative estimate of drug-likeness (QED) is 0.803. The van der Waals surface area contributed by atoms with Crippen LogP contribution in [0.2, 0.25) is 0 Å². The summed E-state index contributed by atoms with van der Waals surface area (Å²) in [6, 6.07) is 15.2. The first-order valence-electron chi connectivity index (χ1n) is 6.25. The molecule has 3 nitrogen and oxygen atoms in total. The molecule has 104 valence electrons. The summed E-state index contributed by atoms with van der Waals surface area (Å²) >= 11 is 2.22. The Morgan fingerprint density at radius 3 is 2.30 bits per heavy atom. The van der Waals surface area contributed by atoms with Gasteiger partial charge < -0.3 is 9.84 Å². The number of ether oxygens (including phenoxy) is 1. The monoisotopic (exact) mass is 382 g/mol. The van der Waals surface area contributed by atoms with Crippen LogP contribution >= 0.6 is 22.6 Å². The van der Waals surface area contributed by atoms with E-state index in [9.17, 15) is 9.90 Å². The fraction of sp³-hybridized carbons (Fsp3) is 0.188. The van der Waals surface area contributed by atoms with Crippen LogP contribution in [0.4, 0.5) is 0 Å². The normalized spacial score (nSPS) is 11.9. The van der Waals surface area contributed by atoms with Crippen molar-refractivity contribution in [3.05, 3.63) is 63.2 Å². The standard InChI is InChI=1S/C16H15IO3/c1-11-2-8-14(9-3-11)20-15(16(18)19)10-12-4-6-13(17)7-5-12/h2-9,15H,10H2,1H3,(H,18,19). The molecule has 0 aromatic heterocycles. The van der Waals surface area contributed by atoms with Crippen LogP contribution < -0.4 is 4.74 Å². The average molecular weight is 382 g/mol. The van der Waals surface area contributed by atoms with Gasteiger partial charge >= 0.3 is 5.97 Å². The van der Waals surface area contributed by atoms with Crippen LogP contribution in [0.5, 0.6) is 5.75 Å². The van der Waals surface area contributed by atoms with Gasteiger partial charge in [0.05, 0.1) is 0 Å². The Kier molecular flexibility index (Phi) is 5.00. The van der Waals surface area contributed by atoms with E-state index in [1.165, 1.54) is 0 Å². The molecular formula is C16H15IO3. The van der Waals surface area contributed by atoms with E-state index in [0.29, 0.717) is 12.2 Å². The first kappa shape index (κ1) is 14.8. The molecule has 2 aromatic carbocycles. The molecule has 0 heterocycles. The number of rotatable bonds is 5. The fourth-order valence-electron chi connectivity index (χ4n) is 1.80. The van der Waals surface area contributed by atoms with Gasteiger partial charge in [-0.1, -0.05) is 29.8 Å². The van der Waals surface area contributed by atoms with Crippen molar-refractivity contribution in [2.45, 2.75) is 19.4 Å².